The van der Waals surface area contributed by atoms with Crippen LogP contribution >= 0.6 is 15.9 Å². The Morgan fingerprint density at radius 2 is 1.92 bits per heavy atom. The Morgan fingerprint density at radius 1 is 1.20 bits per heavy atom. The van der Waals surface area contributed by atoms with Gasteiger partial charge in [0, 0.05) is 15.9 Å². The molecule has 0 saturated heterocycles. The molecule has 1 atom stereocenters. The first-order valence-corrected chi connectivity index (χ1v) is 9.74. The molecule has 0 radical (unpaired) electrons. The van der Waals surface area contributed by atoms with E-state index in [-0.39, 0.29) is 5.56 Å². The van der Waals surface area contributed by atoms with E-state index in [0.717, 1.165) is 10.0 Å². The zero-order valence-corrected chi connectivity index (χ0v) is 16.3. The molecule has 0 spiro atoms. The van der Waals surface area contributed by atoms with E-state index in [9.17, 15) is 13.8 Å². The highest BCUT2D eigenvalue weighted by atomic mass is 79.9. The van der Waals surface area contributed by atoms with Gasteiger partial charge in [-0.1, -0.05) is 35.0 Å². The number of hydrogen-bond donors (Lipinski definition) is 1. The number of nitrogens with one attached hydrogen (secondary N) is 1. The van der Waals surface area contributed by atoms with Gasteiger partial charge in [0.25, 0.3) is 5.91 Å². The predicted molar refractivity (Wildman–Crippen MR) is 101 cm³/mol. The van der Waals surface area contributed by atoms with E-state index in [1.165, 1.54) is 0 Å². The van der Waals surface area contributed by atoms with Crippen LogP contribution in [-0.2, 0) is 20.3 Å². The van der Waals surface area contributed by atoms with Crippen molar-refractivity contribution in [1.29, 1.82) is 0 Å². The molecule has 0 saturated carbocycles. The monoisotopic (exact) mass is 423 g/mol. The number of esters is 1. The minimum atomic E-state index is -1.28. The van der Waals surface area contributed by atoms with Gasteiger partial charge in [-0.3, -0.25) is 9.00 Å². The summed E-state index contributed by atoms with van der Waals surface area (Å²) in [5, 5.41) is 2.70. The number of carbonyl (C=O) groups is 2. The third-order valence-electron chi connectivity index (χ3n) is 3.41. The Bertz CT molecular complexity index is 822. The van der Waals surface area contributed by atoms with E-state index in [1.54, 1.807) is 37.3 Å². The highest BCUT2D eigenvalue weighted by molar-refractivity contribution is 9.10. The summed E-state index contributed by atoms with van der Waals surface area (Å²) < 4.78 is 18.0. The van der Waals surface area contributed by atoms with Crippen molar-refractivity contribution in [1.82, 2.24) is 0 Å². The third kappa shape index (κ3) is 5.24. The van der Waals surface area contributed by atoms with Gasteiger partial charge in [0.05, 0.1) is 21.3 Å². The number of carbonyl (C=O) groups excluding carboxylic acids is 2. The van der Waals surface area contributed by atoms with E-state index < -0.39 is 29.3 Å². The standard InChI is InChI=1S/C18H18BrNO4S/c1-3-25(23)16-7-5-4-6-14(16)18(22)24-11-17(21)20-15-9-8-13(19)10-12(15)2/h4-10H,3,11H2,1-2H3,(H,20,21). The molecule has 0 aromatic heterocycles. The van der Waals surface area contributed by atoms with Gasteiger partial charge in [-0.15, -0.1) is 0 Å². The molecule has 1 N–H and O–H groups in total. The van der Waals surface area contributed by atoms with Crippen LogP contribution < -0.4 is 5.32 Å². The molecule has 2 aromatic rings. The predicted octanol–water partition coefficient (Wildman–Crippen LogP) is 3.68. The maximum atomic E-state index is 12.2. The normalized spacial score (nSPS) is 11.6. The maximum absolute atomic E-state index is 12.2. The van der Waals surface area contributed by atoms with Crippen LogP contribution in [0.3, 0.4) is 0 Å². The van der Waals surface area contributed by atoms with Crippen LogP contribution in [-0.4, -0.2) is 28.4 Å². The lowest BCUT2D eigenvalue weighted by Crippen LogP contribution is -2.22. The Balaban J connectivity index is 2.00. The van der Waals surface area contributed by atoms with Crippen molar-refractivity contribution in [2.24, 2.45) is 0 Å². The van der Waals surface area contributed by atoms with Crippen LogP contribution in [0.2, 0.25) is 0 Å². The van der Waals surface area contributed by atoms with Crippen molar-refractivity contribution >= 4 is 44.3 Å². The van der Waals surface area contributed by atoms with E-state index in [1.807, 2.05) is 19.1 Å². The first-order valence-electron chi connectivity index (χ1n) is 7.63. The van der Waals surface area contributed by atoms with Gasteiger partial charge in [-0.05, 0) is 42.8 Å². The topological polar surface area (TPSA) is 72.5 Å². The van der Waals surface area contributed by atoms with Crippen LogP contribution in [0.15, 0.2) is 51.8 Å². The Hall–Kier alpha value is -1.99. The van der Waals surface area contributed by atoms with Gasteiger partial charge in [0.2, 0.25) is 0 Å². The molecule has 2 rings (SSSR count). The van der Waals surface area contributed by atoms with E-state index in [4.69, 9.17) is 4.74 Å². The lowest BCUT2D eigenvalue weighted by Gasteiger charge is -2.10. The van der Waals surface area contributed by atoms with Gasteiger partial charge in [0.15, 0.2) is 6.61 Å². The van der Waals surface area contributed by atoms with Gasteiger partial charge in [-0.25, -0.2) is 4.79 Å². The van der Waals surface area contributed by atoms with Crippen LogP contribution in [0, 0.1) is 6.92 Å². The number of benzene rings is 2. The van der Waals surface area contributed by atoms with Gasteiger partial charge < -0.3 is 10.1 Å². The van der Waals surface area contributed by atoms with Crippen LogP contribution in [0.25, 0.3) is 0 Å². The lowest BCUT2D eigenvalue weighted by molar-refractivity contribution is -0.119. The van der Waals surface area contributed by atoms with Crippen molar-refractivity contribution in [3.05, 3.63) is 58.1 Å². The number of amides is 1. The fraction of sp³-hybridized carbons (Fsp3) is 0.222. The van der Waals surface area contributed by atoms with Crippen molar-refractivity contribution in [3.63, 3.8) is 0 Å². The van der Waals surface area contributed by atoms with Crippen molar-refractivity contribution in [2.75, 3.05) is 17.7 Å². The Morgan fingerprint density at radius 3 is 2.60 bits per heavy atom. The average molecular weight is 424 g/mol. The summed E-state index contributed by atoms with van der Waals surface area (Å²) in [5.41, 5.74) is 1.75. The summed E-state index contributed by atoms with van der Waals surface area (Å²) in [4.78, 5) is 24.6. The molecule has 5 nitrogen and oxygen atoms in total. The molecule has 0 aliphatic rings. The van der Waals surface area contributed by atoms with E-state index in [2.05, 4.69) is 21.2 Å². The second-order valence-corrected chi connectivity index (χ2v) is 7.84. The summed E-state index contributed by atoms with van der Waals surface area (Å²) in [7, 11) is -1.28. The molecule has 0 aliphatic carbocycles. The third-order valence-corrected chi connectivity index (χ3v) is 5.28. The second kappa shape index (κ2) is 8.92. The zero-order chi connectivity index (χ0) is 18.4. The van der Waals surface area contributed by atoms with Gasteiger partial charge in [-0.2, -0.15) is 0 Å². The quantitative estimate of drug-likeness (QED) is 0.719. The largest absolute Gasteiger partial charge is 0.452 e. The summed E-state index contributed by atoms with van der Waals surface area (Å²) in [6, 6.07) is 12.0. The molecule has 0 heterocycles. The number of aryl methyl sites for hydroxylation is 1. The van der Waals surface area contributed by atoms with Crippen molar-refractivity contribution in [3.8, 4) is 0 Å². The molecule has 0 aliphatic heterocycles. The number of ether oxygens (including phenoxy) is 1. The molecule has 1 unspecified atom stereocenters. The number of halogens is 1. The number of anilines is 1. The Labute approximate surface area is 157 Å². The fourth-order valence-corrected chi connectivity index (χ4v) is 3.57. The van der Waals surface area contributed by atoms with Crippen LogP contribution in [0.1, 0.15) is 22.8 Å². The van der Waals surface area contributed by atoms with Crippen LogP contribution in [0.4, 0.5) is 5.69 Å². The molecular weight excluding hydrogens is 406 g/mol. The summed E-state index contributed by atoms with van der Waals surface area (Å²) in [6.45, 7) is 3.22. The molecule has 2 aromatic carbocycles. The molecule has 132 valence electrons. The van der Waals surface area contributed by atoms with E-state index in [0.29, 0.717) is 16.3 Å². The van der Waals surface area contributed by atoms with Crippen molar-refractivity contribution < 1.29 is 18.5 Å². The highest BCUT2D eigenvalue weighted by Crippen LogP contribution is 2.20. The van der Waals surface area contributed by atoms with Crippen LogP contribution in [0.5, 0.6) is 0 Å². The zero-order valence-electron chi connectivity index (χ0n) is 13.9. The molecule has 1 amide bonds. The molecule has 0 bridgehead atoms. The van der Waals surface area contributed by atoms with Gasteiger partial charge in [0.1, 0.15) is 0 Å². The minimum absolute atomic E-state index is 0.218. The van der Waals surface area contributed by atoms with Crippen molar-refractivity contribution in [2.45, 2.75) is 18.7 Å². The second-order valence-electron chi connectivity index (χ2n) is 5.21. The lowest BCUT2D eigenvalue weighted by atomic mass is 10.2. The van der Waals surface area contributed by atoms with E-state index >= 15 is 0 Å². The first-order chi connectivity index (χ1) is 11.9. The number of hydrogen-bond acceptors (Lipinski definition) is 4. The summed E-state index contributed by atoms with van der Waals surface area (Å²) in [6.07, 6.45) is 0. The maximum Gasteiger partial charge on any atom is 0.339 e. The number of rotatable bonds is 6. The molecule has 7 heteroatoms. The van der Waals surface area contributed by atoms with Gasteiger partial charge >= 0.3 is 5.97 Å². The highest BCUT2D eigenvalue weighted by Gasteiger charge is 2.17. The fourth-order valence-electron chi connectivity index (χ4n) is 2.15. The molecule has 0 fully saturated rings. The molecule has 25 heavy (non-hydrogen) atoms. The SMILES string of the molecule is CCS(=O)c1ccccc1C(=O)OCC(=O)Nc1ccc(Br)cc1C. The summed E-state index contributed by atoms with van der Waals surface area (Å²) >= 11 is 3.36. The first kappa shape index (κ1) is 19.3. The Kier molecular flexibility index (Phi) is 6.90. The summed E-state index contributed by atoms with van der Waals surface area (Å²) in [5.74, 6) is -0.707. The minimum Gasteiger partial charge on any atom is -0.452 e. The molecular formula is C18H18BrNO4S. The smallest absolute Gasteiger partial charge is 0.339 e. The average Bonchev–Trinajstić information content (AvgIpc) is 2.61.